The van der Waals surface area contributed by atoms with Gasteiger partial charge >= 0.3 is 0 Å². The fourth-order valence-electron chi connectivity index (χ4n) is 1.52. The second-order valence-corrected chi connectivity index (χ2v) is 4.84. The molecule has 1 rings (SSSR count). The number of Topliss-reactive ketones (excluding diaryl/α,β-unsaturated/α-hetero) is 1. The van der Waals surface area contributed by atoms with Crippen LogP contribution in [0.1, 0.15) is 27.7 Å². The summed E-state index contributed by atoms with van der Waals surface area (Å²) >= 11 is 0. The minimum absolute atomic E-state index is 0.0176. The third-order valence-electron chi connectivity index (χ3n) is 2.62. The van der Waals surface area contributed by atoms with Gasteiger partial charge in [0.05, 0.1) is 6.04 Å². The van der Waals surface area contributed by atoms with Gasteiger partial charge in [-0.2, -0.15) is 4.98 Å². The molecule has 17 heavy (non-hydrogen) atoms. The maximum atomic E-state index is 12.0. The standard InChI is InChI=1S/C11H21N5O/c1-6(2)8(9(17)7(3)4)13-11-14-10(12)16(5)15-11/h6-8H,1-5H3,(H3,12,13,14,15). The van der Waals surface area contributed by atoms with Crippen molar-refractivity contribution >= 4 is 17.7 Å². The predicted molar refractivity (Wildman–Crippen MR) is 67.5 cm³/mol. The van der Waals surface area contributed by atoms with Gasteiger partial charge in [0.1, 0.15) is 0 Å². The molecule has 1 atom stereocenters. The molecule has 0 amide bonds. The fraction of sp³-hybridized carbons (Fsp3) is 0.727. The third-order valence-corrected chi connectivity index (χ3v) is 2.62. The Morgan fingerprint density at radius 1 is 1.35 bits per heavy atom. The summed E-state index contributed by atoms with van der Waals surface area (Å²) < 4.78 is 1.47. The SMILES string of the molecule is CC(C)C(=O)C(Nc1nc(N)n(C)n1)C(C)C. The molecule has 6 nitrogen and oxygen atoms in total. The molecule has 3 N–H and O–H groups in total. The van der Waals surface area contributed by atoms with Gasteiger partial charge in [0, 0.05) is 13.0 Å². The molecule has 0 aliphatic rings. The van der Waals surface area contributed by atoms with Crippen molar-refractivity contribution in [1.82, 2.24) is 14.8 Å². The number of carbonyl (C=O) groups is 1. The molecule has 1 unspecified atom stereocenters. The van der Waals surface area contributed by atoms with Crippen molar-refractivity contribution in [1.29, 1.82) is 0 Å². The van der Waals surface area contributed by atoms with Crippen LogP contribution >= 0.6 is 0 Å². The molecule has 0 aliphatic carbocycles. The maximum Gasteiger partial charge on any atom is 0.244 e. The normalized spacial score (nSPS) is 13.1. The zero-order valence-electron chi connectivity index (χ0n) is 11.1. The van der Waals surface area contributed by atoms with Crippen molar-refractivity contribution in [2.75, 3.05) is 11.1 Å². The number of nitrogens with one attached hydrogen (secondary N) is 1. The summed E-state index contributed by atoms with van der Waals surface area (Å²) in [4.78, 5) is 16.1. The van der Waals surface area contributed by atoms with Gasteiger partial charge < -0.3 is 11.1 Å². The van der Waals surface area contributed by atoms with Crippen molar-refractivity contribution in [2.45, 2.75) is 33.7 Å². The van der Waals surface area contributed by atoms with Gasteiger partial charge in [-0.25, -0.2) is 4.68 Å². The average Bonchev–Trinajstić information content (AvgIpc) is 2.53. The quantitative estimate of drug-likeness (QED) is 0.802. The van der Waals surface area contributed by atoms with Crippen LogP contribution in [-0.2, 0) is 11.8 Å². The van der Waals surface area contributed by atoms with Crippen molar-refractivity contribution in [3.63, 3.8) is 0 Å². The molecule has 96 valence electrons. The minimum atomic E-state index is -0.281. The zero-order valence-corrected chi connectivity index (χ0v) is 11.1. The Balaban J connectivity index is 2.84. The number of nitrogen functional groups attached to an aromatic ring is 1. The largest absolute Gasteiger partial charge is 0.368 e. The van der Waals surface area contributed by atoms with E-state index in [9.17, 15) is 4.79 Å². The van der Waals surface area contributed by atoms with Crippen LogP contribution in [0.15, 0.2) is 0 Å². The van der Waals surface area contributed by atoms with Gasteiger partial charge in [-0.3, -0.25) is 4.79 Å². The van der Waals surface area contributed by atoms with E-state index in [2.05, 4.69) is 15.4 Å². The number of carbonyl (C=O) groups excluding carboxylic acids is 1. The number of anilines is 2. The fourth-order valence-corrected chi connectivity index (χ4v) is 1.52. The summed E-state index contributed by atoms with van der Waals surface area (Å²) in [6, 6.07) is -0.281. The Labute approximate surface area is 102 Å². The molecule has 1 aromatic heterocycles. The van der Waals surface area contributed by atoms with Crippen LogP contribution in [0.5, 0.6) is 0 Å². The van der Waals surface area contributed by atoms with E-state index < -0.39 is 0 Å². The van der Waals surface area contributed by atoms with Crippen LogP contribution in [0.3, 0.4) is 0 Å². The third kappa shape index (κ3) is 3.18. The lowest BCUT2D eigenvalue weighted by atomic mass is 9.93. The van der Waals surface area contributed by atoms with E-state index in [4.69, 9.17) is 5.73 Å². The number of nitrogens with two attached hydrogens (primary N) is 1. The van der Waals surface area contributed by atoms with E-state index >= 15 is 0 Å². The Morgan fingerprint density at radius 2 is 1.94 bits per heavy atom. The number of rotatable bonds is 5. The lowest BCUT2D eigenvalue weighted by Crippen LogP contribution is -2.37. The van der Waals surface area contributed by atoms with Gasteiger partial charge in [0.25, 0.3) is 0 Å². The topological polar surface area (TPSA) is 85.8 Å². The van der Waals surface area contributed by atoms with Crippen molar-refractivity contribution < 1.29 is 4.79 Å². The molecule has 0 saturated heterocycles. The number of nitrogens with zero attached hydrogens (tertiary/aromatic N) is 3. The molecule has 0 aromatic carbocycles. The van der Waals surface area contributed by atoms with E-state index in [-0.39, 0.29) is 23.7 Å². The highest BCUT2D eigenvalue weighted by molar-refractivity contribution is 5.88. The van der Waals surface area contributed by atoms with Crippen molar-refractivity contribution in [3.8, 4) is 0 Å². The summed E-state index contributed by atoms with van der Waals surface area (Å²) in [5.74, 6) is 1.04. The van der Waals surface area contributed by atoms with E-state index in [1.165, 1.54) is 4.68 Å². The monoisotopic (exact) mass is 239 g/mol. The van der Waals surface area contributed by atoms with E-state index in [1.807, 2.05) is 27.7 Å². The highest BCUT2D eigenvalue weighted by Gasteiger charge is 2.25. The molecular formula is C11H21N5O. The van der Waals surface area contributed by atoms with Gasteiger partial charge in [-0.1, -0.05) is 27.7 Å². The molecule has 0 fully saturated rings. The summed E-state index contributed by atoms with van der Waals surface area (Å²) in [7, 11) is 1.71. The highest BCUT2D eigenvalue weighted by Crippen LogP contribution is 2.14. The Bertz CT molecular complexity index is 377. The second-order valence-electron chi connectivity index (χ2n) is 4.84. The molecule has 6 heteroatoms. The Hall–Kier alpha value is -1.59. The summed E-state index contributed by atoms with van der Waals surface area (Å²) in [5.41, 5.74) is 5.59. The number of hydrogen-bond donors (Lipinski definition) is 2. The average molecular weight is 239 g/mol. The van der Waals surface area contributed by atoms with Crippen LogP contribution in [0.2, 0.25) is 0 Å². The molecule has 0 radical (unpaired) electrons. The maximum absolute atomic E-state index is 12.0. The van der Waals surface area contributed by atoms with E-state index in [0.29, 0.717) is 11.9 Å². The first-order valence-corrected chi connectivity index (χ1v) is 5.79. The lowest BCUT2D eigenvalue weighted by molar-refractivity contribution is -0.123. The minimum Gasteiger partial charge on any atom is -0.368 e. The zero-order chi connectivity index (χ0) is 13.2. The first kappa shape index (κ1) is 13.5. The van der Waals surface area contributed by atoms with Gasteiger partial charge in [-0.15, -0.1) is 5.10 Å². The summed E-state index contributed by atoms with van der Waals surface area (Å²) in [6.45, 7) is 7.76. The predicted octanol–water partition coefficient (Wildman–Crippen LogP) is 1.06. The number of ketones is 1. The molecule has 0 bridgehead atoms. The first-order chi connectivity index (χ1) is 7.82. The number of aromatic nitrogens is 3. The summed E-state index contributed by atoms with van der Waals surface area (Å²) in [6.07, 6.45) is 0. The van der Waals surface area contributed by atoms with Gasteiger partial charge in [0.2, 0.25) is 11.9 Å². The van der Waals surface area contributed by atoms with Crippen molar-refractivity contribution in [2.24, 2.45) is 18.9 Å². The van der Waals surface area contributed by atoms with Crippen molar-refractivity contribution in [3.05, 3.63) is 0 Å². The van der Waals surface area contributed by atoms with Crippen LogP contribution in [0.25, 0.3) is 0 Å². The molecule has 1 aromatic rings. The van der Waals surface area contributed by atoms with Crippen LogP contribution in [0, 0.1) is 11.8 Å². The lowest BCUT2D eigenvalue weighted by Gasteiger charge is -2.21. The van der Waals surface area contributed by atoms with Crippen LogP contribution in [0.4, 0.5) is 11.9 Å². The molecule has 0 spiro atoms. The van der Waals surface area contributed by atoms with Crippen LogP contribution < -0.4 is 11.1 Å². The molecule has 0 aliphatic heterocycles. The smallest absolute Gasteiger partial charge is 0.244 e. The van der Waals surface area contributed by atoms with E-state index in [1.54, 1.807) is 7.05 Å². The first-order valence-electron chi connectivity index (χ1n) is 5.79. The van der Waals surface area contributed by atoms with Crippen LogP contribution in [-0.4, -0.2) is 26.6 Å². The highest BCUT2D eigenvalue weighted by atomic mass is 16.1. The molecule has 1 heterocycles. The van der Waals surface area contributed by atoms with Gasteiger partial charge in [0.15, 0.2) is 5.78 Å². The summed E-state index contributed by atoms with van der Waals surface area (Å²) in [5, 5.41) is 7.14. The number of hydrogen-bond acceptors (Lipinski definition) is 5. The number of aryl methyl sites for hydroxylation is 1. The molecular weight excluding hydrogens is 218 g/mol. The Kier molecular flexibility index (Phi) is 4.09. The Morgan fingerprint density at radius 3 is 2.29 bits per heavy atom. The van der Waals surface area contributed by atoms with E-state index in [0.717, 1.165) is 0 Å². The molecule has 0 saturated carbocycles. The second kappa shape index (κ2) is 5.16. The van der Waals surface area contributed by atoms with Gasteiger partial charge in [-0.05, 0) is 5.92 Å².